The van der Waals surface area contributed by atoms with Crippen LogP contribution in [0.4, 0.5) is 0 Å². The molecule has 0 aromatic carbocycles. The highest BCUT2D eigenvalue weighted by molar-refractivity contribution is 5.85. The summed E-state index contributed by atoms with van der Waals surface area (Å²) in [5, 5.41) is 4.40. The van der Waals surface area contributed by atoms with E-state index in [0.29, 0.717) is 24.1 Å². The monoisotopic (exact) mass is 338 g/mol. The summed E-state index contributed by atoms with van der Waals surface area (Å²) in [4.78, 5) is 23.1. The van der Waals surface area contributed by atoms with Crippen LogP contribution in [-0.2, 0) is 11.2 Å². The molecule has 2 atom stereocenters. The molecule has 1 fully saturated rings. The predicted molar refractivity (Wildman–Crippen MR) is 89.5 cm³/mol. The van der Waals surface area contributed by atoms with Gasteiger partial charge in [0.1, 0.15) is 0 Å². The number of rotatable bonds is 3. The van der Waals surface area contributed by atoms with Crippen molar-refractivity contribution in [3.05, 3.63) is 23.3 Å². The fourth-order valence-corrected chi connectivity index (χ4v) is 3.18. The van der Waals surface area contributed by atoms with Crippen molar-refractivity contribution in [3.8, 4) is 0 Å². The number of nitrogens with zero attached hydrogens (tertiary/aromatic N) is 5. The SMILES string of the molecule is Cc1cc(C)n2nc(CC(=O)N3CC(CN)CC3C)nc2n1.Cl. The number of carbonyl (C=O) groups is 1. The normalized spacial score (nSPS) is 20.8. The third-order valence-electron chi connectivity index (χ3n) is 4.29. The van der Waals surface area contributed by atoms with Gasteiger partial charge in [-0.2, -0.15) is 4.98 Å². The van der Waals surface area contributed by atoms with Crippen molar-refractivity contribution in [1.82, 2.24) is 24.5 Å². The number of amides is 1. The van der Waals surface area contributed by atoms with E-state index in [0.717, 1.165) is 24.4 Å². The minimum absolute atomic E-state index is 0. The largest absolute Gasteiger partial charge is 0.339 e. The van der Waals surface area contributed by atoms with E-state index in [1.165, 1.54) is 0 Å². The number of halogens is 1. The van der Waals surface area contributed by atoms with E-state index in [1.54, 1.807) is 4.52 Å². The van der Waals surface area contributed by atoms with Crippen LogP contribution in [-0.4, -0.2) is 49.5 Å². The van der Waals surface area contributed by atoms with E-state index >= 15 is 0 Å². The Morgan fingerprint density at radius 1 is 1.39 bits per heavy atom. The minimum Gasteiger partial charge on any atom is -0.339 e. The first-order valence-corrected chi connectivity index (χ1v) is 7.67. The summed E-state index contributed by atoms with van der Waals surface area (Å²) in [5.41, 5.74) is 7.58. The van der Waals surface area contributed by atoms with Gasteiger partial charge < -0.3 is 10.6 Å². The number of hydrogen-bond donors (Lipinski definition) is 1. The molecule has 0 saturated carbocycles. The van der Waals surface area contributed by atoms with Crippen molar-refractivity contribution < 1.29 is 4.79 Å². The fraction of sp³-hybridized carbons (Fsp3) is 0.600. The van der Waals surface area contributed by atoms with Gasteiger partial charge in [0, 0.05) is 24.0 Å². The molecule has 8 heteroatoms. The van der Waals surface area contributed by atoms with Crippen LogP contribution in [0, 0.1) is 19.8 Å². The van der Waals surface area contributed by atoms with Crippen molar-refractivity contribution in [3.63, 3.8) is 0 Å². The van der Waals surface area contributed by atoms with Gasteiger partial charge in [-0.1, -0.05) is 0 Å². The number of likely N-dealkylation sites (tertiary alicyclic amines) is 1. The van der Waals surface area contributed by atoms with Crippen LogP contribution >= 0.6 is 12.4 Å². The Hall–Kier alpha value is -1.73. The molecule has 7 nitrogen and oxygen atoms in total. The Balaban J connectivity index is 0.00000192. The van der Waals surface area contributed by atoms with E-state index < -0.39 is 0 Å². The van der Waals surface area contributed by atoms with Gasteiger partial charge in [0.15, 0.2) is 5.82 Å². The Morgan fingerprint density at radius 3 is 2.78 bits per heavy atom. The minimum atomic E-state index is 0. The van der Waals surface area contributed by atoms with E-state index in [4.69, 9.17) is 5.73 Å². The highest BCUT2D eigenvalue weighted by Gasteiger charge is 2.31. The molecule has 1 aliphatic heterocycles. The standard InChI is InChI=1S/C15H22N6O.ClH/c1-9-4-11(3)21-15(17-9)18-13(19-21)6-14(22)20-8-12(7-16)5-10(20)2;/h4,10,12H,5-8,16H2,1-3H3;1H. The summed E-state index contributed by atoms with van der Waals surface area (Å²) in [6, 6.07) is 2.18. The van der Waals surface area contributed by atoms with E-state index in [2.05, 4.69) is 22.0 Å². The van der Waals surface area contributed by atoms with Gasteiger partial charge in [-0.15, -0.1) is 17.5 Å². The van der Waals surface area contributed by atoms with Crippen LogP contribution in [0.1, 0.15) is 30.6 Å². The predicted octanol–water partition coefficient (Wildman–Crippen LogP) is 0.901. The van der Waals surface area contributed by atoms with E-state index in [-0.39, 0.29) is 30.8 Å². The van der Waals surface area contributed by atoms with Gasteiger partial charge in [-0.25, -0.2) is 9.50 Å². The molecule has 0 spiro atoms. The molecule has 0 aliphatic carbocycles. The number of hydrogen-bond acceptors (Lipinski definition) is 5. The van der Waals surface area contributed by atoms with Crippen molar-refractivity contribution >= 4 is 24.1 Å². The Morgan fingerprint density at radius 2 is 2.13 bits per heavy atom. The number of aryl methyl sites for hydroxylation is 2. The lowest BCUT2D eigenvalue weighted by Crippen LogP contribution is -2.35. The molecular formula is C15H23ClN6O. The number of fused-ring (bicyclic) bond motifs is 1. The van der Waals surface area contributed by atoms with Crippen LogP contribution in [0.15, 0.2) is 6.07 Å². The molecule has 1 amide bonds. The first kappa shape index (κ1) is 17.6. The topological polar surface area (TPSA) is 89.4 Å². The van der Waals surface area contributed by atoms with E-state index in [1.807, 2.05) is 24.8 Å². The zero-order chi connectivity index (χ0) is 15.9. The molecule has 0 bridgehead atoms. The van der Waals surface area contributed by atoms with Crippen LogP contribution in [0.3, 0.4) is 0 Å². The number of carbonyl (C=O) groups excluding carboxylic acids is 1. The molecule has 3 rings (SSSR count). The van der Waals surface area contributed by atoms with Crippen molar-refractivity contribution in [2.24, 2.45) is 11.7 Å². The van der Waals surface area contributed by atoms with Gasteiger partial charge in [0.05, 0.1) is 6.42 Å². The quantitative estimate of drug-likeness (QED) is 0.898. The first-order valence-electron chi connectivity index (χ1n) is 7.67. The molecular weight excluding hydrogens is 316 g/mol. The van der Waals surface area contributed by atoms with Gasteiger partial charge in [0.25, 0.3) is 5.78 Å². The van der Waals surface area contributed by atoms with Crippen molar-refractivity contribution in [2.45, 2.75) is 39.7 Å². The zero-order valence-corrected chi connectivity index (χ0v) is 14.5. The summed E-state index contributed by atoms with van der Waals surface area (Å²) in [7, 11) is 0. The molecule has 2 unspecified atom stereocenters. The zero-order valence-electron chi connectivity index (χ0n) is 13.7. The highest BCUT2D eigenvalue weighted by atomic mass is 35.5. The Labute approximate surface area is 141 Å². The average Bonchev–Trinajstić information content (AvgIpc) is 3.01. The lowest BCUT2D eigenvalue weighted by molar-refractivity contribution is -0.131. The van der Waals surface area contributed by atoms with Gasteiger partial charge >= 0.3 is 0 Å². The van der Waals surface area contributed by atoms with Gasteiger partial charge in [0.2, 0.25) is 5.91 Å². The maximum absolute atomic E-state index is 12.5. The Kier molecular flexibility index (Phi) is 5.21. The maximum Gasteiger partial charge on any atom is 0.252 e. The molecule has 2 N–H and O–H groups in total. The summed E-state index contributed by atoms with van der Waals surface area (Å²) < 4.78 is 1.69. The van der Waals surface area contributed by atoms with Crippen LogP contribution in [0.2, 0.25) is 0 Å². The molecule has 3 heterocycles. The lowest BCUT2D eigenvalue weighted by atomic mass is 10.1. The van der Waals surface area contributed by atoms with Crippen LogP contribution < -0.4 is 5.73 Å². The number of aromatic nitrogens is 4. The smallest absolute Gasteiger partial charge is 0.252 e. The van der Waals surface area contributed by atoms with Gasteiger partial charge in [-0.05, 0) is 45.7 Å². The third kappa shape index (κ3) is 3.45. The van der Waals surface area contributed by atoms with Crippen LogP contribution in [0.5, 0.6) is 0 Å². The molecule has 1 aliphatic rings. The summed E-state index contributed by atoms with van der Waals surface area (Å²) in [6.07, 6.45) is 1.18. The lowest BCUT2D eigenvalue weighted by Gasteiger charge is -2.20. The summed E-state index contributed by atoms with van der Waals surface area (Å²) in [5.74, 6) is 1.54. The number of nitrogens with two attached hydrogens (primary N) is 1. The summed E-state index contributed by atoms with van der Waals surface area (Å²) >= 11 is 0. The maximum atomic E-state index is 12.5. The average molecular weight is 339 g/mol. The first-order chi connectivity index (χ1) is 10.5. The van der Waals surface area contributed by atoms with E-state index in [9.17, 15) is 4.79 Å². The highest BCUT2D eigenvalue weighted by Crippen LogP contribution is 2.22. The molecule has 23 heavy (non-hydrogen) atoms. The third-order valence-corrected chi connectivity index (χ3v) is 4.29. The fourth-order valence-electron chi connectivity index (χ4n) is 3.18. The van der Waals surface area contributed by atoms with Crippen molar-refractivity contribution in [1.29, 1.82) is 0 Å². The molecule has 0 radical (unpaired) electrons. The van der Waals surface area contributed by atoms with Crippen LogP contribution in [0.25, 0.3) is 5.78 Å². The molecule has 1 saturated heterocycles. The second-order valence-electron chi connectivity index (χ2n) is 6.19. The summed E-state index contributed by atoms with van der Waals surface area (Å²) in [6.45, 7) is 7.31. The van der Waals surface area contributed by atoms with Crippen molar-refractivity contribution in [2.75, 3.05) is 13.1 Å². The molecule has 2 aromatic rings. The second kappa shape index (κ2) is 6.80. The Bertz CT molecular complexity index is 715. The molecule has 126 valence electrons. The second-order valence-corrected chi connectivity index (χ2v) is 6.19. The van der Waals surface area contributed by atoms with Gasteiger partial charge in [-0.3, -0.25) is 4.79 Å². The molecule has 2 aromatic heterocycles.